The van der Waals surface area contributed by atoms with Gasteiger partial charge in [-0.3, -0.25) is 9.78 Å². The van der Waals surface area contributed by atoms with Gasteiger partial charge in [0.05, 0.1) is 5.02 Å². The molecule has 0 aliphatic carbocycles. The largest absolute Gasteiger partial charge is 0.316 e. The van der Waals surface area contributed by atoms with Gasteiger partial charge in [-0.05, 0) is 43.5 Å². The van der Waals surface area contributed by atoms with E-state index in [1.807, 2.05) is 6.07 Å². The minimum Gasteiger partial charge on any atom is -0.316 e. The van der Waals surface area contributed by atoms with Crippen molar-refractivity contribution in [1.82, 2.24) is 10.3 Å². The Balaban J connectivity index is 1.86. The van der Waals surface area contributed by atoms with Gasteiger partial charge in [0.1, 0.15) is 5.78 Å². The maximum absolute atomic E-state index is 11.9. The van der Waals surface area contributed by atoms with Gasteiger partial charge in [0, 0.05) is 25.2 Å². The number of carbonyl (C=O) groups excluding carboxylic acids is 1. The number of hydrogen-bond donors (Lipinski definition) is 1. The number of hydrogen-bond acceptors (Lipinski definition) is 3. The number of nitrogens with zero attached hydrogens (tertiary/aromatic N) is 1. The van der Waals surface area contributed by atoms with Crippen molar-refractivity contribution >= 4 is 17.4 Å². The van der Waals surface area contributed by atoms with Gasteiger partial charge in [0.25, 0.3) is 0 Å². The standard InChI is InChI=1S/C13H17ClN2O/c14-13-9-16-5-3-11(13)7-12(17)6-10-2-1-4-15-8-10/h3,5,9-10,15H,1-2,4,6-8H2. The Labute approximate surface area is 107 Å². The molecule has 1 atom stereocenters. The molecule has 0 amide bonds. The van der Waals surface area contributed by atoms with E-state index in [-0.39, 0.29) is 5.78 Å². The molecule has 1 aliphatic heterocycles. The summed E-state index contributed by atoms with van der Waals surface area (Å²) in [4.78, 5) is 15.8. The van der Waals surface area contributed by atoms with E-state index in [1.165, 1.54) is 6.42 Å². The fraction of sp³-hybridized carbons (Fsp3) is 0.538. The van der Waals surface area contributed by atoms with Crippen LogP contribution in [0.4, 0.5) is 0 Å². The number of carbonyl (C=O) groups is 1. The minimum absolute atomic E-state index is 0.270. The van der Waals surface area contributed by atoms with Crippen LogP contribution in [0.25, 0.3) is 0 Å². The molecule has 1 N–H and O–H groups in total. The normalized spacial score (nSPS) is 20.2. The van der Waals surface area contributed by atoms with Crippen LogP contribution < -0.4 is 5.32 Å². The highest BCUT2D eigenvalue weighted by Crippen LogP contribution is 2.18. The number of rotatable bonds is 4. The third-order valence-corrected chi connectivity index (χ3v) is 3.50. The zero-order chi connectivity index (χ0) is 12.1. The highest BCUT2D eigenvalue weighted by Gasteiger charge is 2.17. The summed E-state index contributed by atoms with van der Waals surface area (Å²) in [5.41, 5.74) is 0.885. The second-order valence-electron chi connectivity index (χ2n) is 4.60. The number of ketones is 1. The maximum Gasteiger partial charge on any atom is 0.137 e. The summed E-state index contributed by atoms with van der Waals surface area (Å²) in [6, 6.07) is 1.82. The second kappa shape index (κ2) is 6.12. The quantitative estimate of drug-likeness (QED) is 0.894. The van der Waals surface area contributed by atoms with Crippen LogP contribution >= 0.6 is 11.6 Å². The third kappa shape index (κ3) is 3.79. The van der Waals surface area contributed by atoms with E-state index in [0.717, 1.165) is 25.1 Å². The van der Waals surface area contributed by atoms with Crippen molar-refractivity contribution in [3.05, 3.63) is 29.0 Å². The number of halogens is 1. The predicted molar refractivity (Wildman–Crippen MR) is 68.2 cm³/mol. The molecular formula is C13H17ClN2O. The van der Waals surface area contributed by atoms with Gasteiger partial charge in [-0.1, -0.05) is 11.6 Å². The van der Waals surface area contributed by atoms with Crippen LogP contribution in [0.1, 0.15) is 24.8 Å². The zero-order valence-corrected chi connectivity index (χ0v) is 10.5. The van der Waals surface area contributed by atoms with E-state index >= 15 is 0 Å². The van der Waals surface area contributed by atoms with Gasteiger partial charge in [0.15, 0.2) is 0 Å². The molecule has 2 heterocycles. The number of aromatic nitrogens is 1. The minimum atomic E-state index is 0.270. The summed E-state index contributed by atoms with van der Waals surface area (Å²) >= 11 is 5.98. The molecule has 2 rings (SSSR count). The van der Waals surface area contributed by atoms with Gasteiger partial charge < -0.3 is 5.32 Å². The third-order valence-electron chi connectivity index (χ3n) is 3.16. The summed E-state index contributed by atoms with van der Waals surface area (Å²) in [6.45, 7) is 2.05. The molecule has 92 valence electrons. The first-order chi connectivity index (χ1) is 8.25. The molecule has 1 saturated heterocycles. The molecule has 3 nitrogen and oxygen atoms in total. The van der Waals surface area contributed by atoms with Crippen molar-refractivity contribution in [3.8, 4) is 0 Å². The average molecular weight is 253 g/mol. The molecule has 0 bridgehead atoms. The lowest BCUT2D eigenvalue weighted by molar-refractivity contribution is -0.119. The van der Waals surface area contributed by atoms with Gasteiger partial charge in [0.2, 0.25) is 0 Å². The Kier molecular flexibility index (Phi) is 4.51. The first-order valence-electron chi connectivity index (χ1n) is 6.06. The Bertz CT molecular complexity index is 389. The van der Waals surface area contributed by atoms with Crippen LogP contribution in [0, 0.1) is 5.92 Å². The summed E-state index contributed by atoms with van der Waals surface area (Å²) in [6.07, 6.45) is 6.68. The Hall–Kier alpha value is -0.930. The zero-order valence-electron chi connectivity index (χ0n) is 9.79. The summed E-state index contributed by atoms with van der Waals surface area (Å²) in [5.74, 6) is 0.767. The predicted octanol–water partition coefficient (Wildman–Crippen LogP) is 2.24. The lowest BCUT2D eigenvalue weighted by atomic mass is 9.92. The monoisotopic (exact) mass is 252 g/mol. The van der Waals surface area contributed by atoms with Crippen molar-refractivity contribution in [2.75, 3.05) is 13.1 Å². The molecule has 1 aromatic rings. The molecule has 0 aromatic carbocycles. The van der Waals surface area contributed by atoms with Gasteiger partial charge in [-0.25, -0.2) is 0 Å². The van der Waals surface area contributed by atoms with Crippen molar-refractivity contribution < 1.29 is 4.79 Å². The molecular weight excluding hydrogens is 236 g/mol. The summed E-state index contributed by atoms with van der Waals surface area (Å²) in [5, 5.41) is 3.91. The van der Waals surface area contributed by atoms with E-state index in [0.29, 0.717) is 23.8 Å². The van der Waals surface area contributed by atoms with E-state index in [2.05, 4.69) is 10.3 Å². The smallest absolute Gasteiger partial charge is 0.137 e. The van der Waals surface area contributed by atoms with Crippen molar-refractivity contribution in [2.45, 2.75) is 25.7 Å². The fourth-order valence-corrected chi connectivity index (χ4v) is 2.44. The first kappa shape index (κ1) is 12.5. The maximum atomic E-state index is 11.9. The molecule has 0 radical (unpaired) electrons. The number of pyridine rings is 1. The highest BCUT2D eigenvalue weighted by atomic mass is 35.5. The topological polar surface area (TPSA) is 42.0 Å². The van der Waals surface area contributed by atoms with Crippen LogP contribution in [-0.2, 0) is 11.2 Å². The number of Topliss-reactive ketones (excluding diaryl/α,β-unsaturated/α-hetero) is 1. The van der Waals surface area contributed by atoms with E-state index in [1.54, 1.807) is 12.4 Å². The fourth-order valence-electron chi connectivity index (χ4n) is 2.25. The molecule has 1 unspecified atom stereocenters. The summed E-state index contributed by atoms with van der Waals surface area (Å²) < 4.78 is 0. The molecule has 0 spiro atoms. The van der Waals surface area contributed by atoms with E-state index < -0.39 is 0 Å². The van der Waals surface area contributed by atoms with Crippen LogP contribution in [0.15, 0.2) is 18.5 Å². The van der Waals surface area contributed by atoms with Gasteiger partial charge in [-0.15, -0.1) is 0 Å². The Morgan fingerprint density at radius 1 is 1.59 bits per heavy atom. The van der Waals surface area contributed by atoms with Crippen LogP contribution in [0.3, 0.4) is 0 Å². The molecule has 17 heavy (non-hydrogen) atoms. The first-order valence-corrected chi connectivity index (χ1v) is 6.44. The lowest BCUT2D eigenvalue weighted by Gasteiger charge is -2.21. The molecule has 1 aliphatic rings. The van der Waals surface area contributed by atoms with E-state index in [9.17, 15) is 4.79 Å². The van der Waals surface area contributed by atoms with Crippen LogP contribution in [-0.4, -0.2) is 23.9 Å². The SMILES string of the molecule is O=C(Cc1ccncc1Cl)CC1CCCNC1. The molecule has 1 aromatic heterocycles. The number of nitrogens with one attached hydrogen (secondary N) is 1. The second-order valence-corrected chi connectivity index (χ2v) is 5.01. The van der Waals surface area contributed by atoms with Crippen LogP contribution in [0.2, 0.25) is 5.02 Å². The Morgan fingerprint density at radius 3 is 3.18 bits per heavy atom. The lowest BCUT2D eigenvalue weighted by Crippen LogP contribution is -2.31. The van der Waals surface area contributed by atoms with Gasteiger partial charge >= 0.3 is 0 Å². The summed E-state index contributed by atoms with van der Waals surface area (Å²) in [7, 11) is 0. The van der Waals surface area contributed by atoms with Crippen molar-refractivity contribution in [1.29, 1.82) is 0 Å². The van der Waals surface area contributed by atoms with E-state index in [4.69, 9.17) is 11.6 Å². The van der Waals surface area contributed by atoms with Crippen LogP contribution in [0.5, 0.6) is 0 Å². The number of piperidine rings is 1. The van der Waals surface area contributed by atoms with Crippen molar-refractivity contribution in [2.24, 2.45) is 5.92 Å². The molecule has 1 fully saturated rings. The average Bonchev–Trinajstić information content (AvgIpc) is 2.33. The Morgan fingerprint density at radius 2 is 2.47 bits per heavy atom. The van der Waals surface area contributed by atoms with Gasteiger partial charge in [-0.2, -0.15) is 0 Å². The highest BCUT2D eigenvalue weighted by molar-refractivity contribution is 6.31. The molecule has 4 heteroatoms. The van der Waals surface area contributed by atoms with Crippen molar-refractivity contribution in [3.63, 3.8) is 0 Å². The molecule has 0 saturated carbocycles.